The van der Waals surface area contributed by atoms with E-state index in [4.69, 9.17) is 21.1 Å². The van der Waals surface area contributed by atoms with Crippen molar-refractivity contribution in [2.45, 2.75) is 12.5 Å². The van der Waals surface area contributed by atoms with E-state index in [-0.39, 0.29) is 37.6 Å². The Labute approximate surface area is 185 Å². The van der Waals surface area contributed by atoms with Crippen molar-refractivity contribution in [1.29, 1.82) is 0 Å². The number of nitrogens with zero attached hydrogens (tertiary/aromatic N) is 2. The van der Waals surface area contributed by atoms with E-state index in [2.05, 4.69) is 6.58 Å². The van der Waals surface area contributed by atoms with Gasteiger partial charge in [-0.05, 0) is 47.7 Å². The predicted molar refractivity (Wildman–Crippen MR) is 118 cm³/mol. The van der Waals surface area contributed by atoms with E-state index in [0.29, 0.717) is 23.9 Å². The van der Waals surface area contributed by atoms with Gasteiger partial charge in [-0.15, -0.1) is 17.9 Å². The summed E-state index contributed by atoms with van der Waals surface area (Å²) in [5.74, 6) is 0.327. The van der Waals surface area contributed by atoms with Gasteiger partial charge in [0.25, 0.3) is 0 Å². The highest BCUT2D eigenvalue weighted by Gasteiger charge is 2.33. The van der Waals surface area contributed by atoms with Crippen LogP contribution in [-0.2, 0) is 20.7 Å². The summed E-state index contributed by atoms with van der Waals surface area (Å²) in [6, 6.07) is 8.98. The molecule has 160 valence electrons. The predicted octanol–water partition coefficient (Wildman–Crippen LogP) is 3.57. The largest absolute Gasteiger partial charge is 0.491 e. The maximum atomic E-state index is 13.2. The van der Waals surface area contributed by atoms with Crippen LogP contribution in [0.15, 0.2) is 48.4 Å². The number of benzene rings is 1. The highest BCUT2D eigenvalue weighted by Crippen LogP contribution is 2.34. The van der Waals surface area contributed by atoms with Crippen molar-refractivity contribution in [2.24, 2.45) is 0 Å². The van der Waals surface area contributed by atoms with E-state index in [0.717, 1.165) is 12.0 Å². The molecule has 1 unspecified atom stereocenters. The van der Waals surface area contributed by atoms with E-state index in [1.807, 2.05) is 11.4 Å². The van der Waals surface area contributed by atoms with Gasteiger partial charge in [-0.1, -0.05) is 17.7 Å². The molecule has 1 aromatic heterocycles. The normalized spacial score (nSPS) is 15.4. The third kappa shape index (κ3) is 5.41. The molecule has 3 rings (SSSR count). The molecule has 0 radical (unpaired) electrons. The summed E-state index contributed by atoms with van der Waals surface area (Å²) >= 11 is 7.64. The van der Waals surface area contributed by atoms with E-state index >= 15 is 0 Å². The summed E-state index contributed by atoms with van der Waals surface area (Å²) in [7, 11) is 1.46. The molecule has 1 atom stereocenters. The number of halogens is 1. The number of rotatable bonds is 9. The van der Waals surface area contributed by atoms with Gasteiger partial charge < -0.3 is 19.3 Å². The van der Waals surface area contributed by atoms with Crippen LogP contribution in [0.2, 0.25) is 5.02 Å². The van der Waals surface area contributed by atoms with Crippen molar-refractivity contribution in [2.75, 3.05) is 40.0 Å². The molecule has 0 N–H and O–H groups in total. The summed E-state index contributed by atoms with van der Waals surface area (Å²) in [4.78, 5) is 30.0. The minimum atomic E-state index is -0.243. The van der Waals surface area contributed by atoms with Crippen LogP contribution in [0, 0.1) is 0 Å². The number of hydrogen-bond acceptors (Lipinski definition) is 5. The van der Waals surface area contributed by atoms with Gasteiger partial charge in [-0.2, -0.15) is 0 Å². The fourth-order valence-corrected chi connectivity index (χ4v) is 4.51. The second-order valence-electron chi connectivity index (χ2n) is 6.91. The van der Waals surface area contributed by atoms with E-state index in [1.54, 1.807) is 46.6 Å². The molecule has 1 aliphatic heterocycles. The Hall–Kier alpha value is -2.35. The second kappa shape index (κ2) is 10.6. The molecule has 0 fully saturated rings. The minimum Gasteiger partial charge on any atom is -0.491 e. The fourth-order valence-electron chi connectivity index (χ4n) is 3.46. The number of ether oxygens (including phenoxy) is 2. The Bertz CT molecular complexity index is 884. The zero-order chi connectivity index (χ0) is 21.5. The molecule has 1 aromatic carbocycles. The molecule has 0 spiro atoms. The number of thiophene rings is 1. The number of carbonyl (C=O) groups excluding carboxylic acids is 2. The van der Waals surface area contributed by atoms with Crippen molar-refractivity contribution >= 4 is 34.8 Å². The molecule has 6 nitrogen and oxygen atoms in total. The van der Waals surface area contributed by atoms with Crippen molar-refractivity contribution in [1.82, 2.24) is 9.80 Å². The smallest absolute Gasteiger partial charge is 0.249 e. The number of carbonyl (C=O) groups is 2. The van der Waals surface area contributed by atoms with Crippen molar-refractivity contribution < 1.29 is 19.1 Å². The monoisotopic (exact) mass is 448 g/mol. The van der Waals surface area contributed by atoms with Gasteiger partial charge in [-0.3, -0.25) is 9.59 Å². The Balaban J connectivity index is 1.75. The Morgan fingerprint density at radius 1 is 1.33 bits per heavy atom. The van der Waals surface area contributed by atoms with E-state index < -0.39 is 0 Å². The number of amides is 2. The van der Waals surface area contributed by atoms with Crippen LogP contribution in [0.3, 0.4) is 0 Å². The Kier molecular flexibility index (Phi) is 7.90. The van der Waals surface area contributed by atoms with Crippen molar-refractivity contribution in [3.05, 3.63) is 63.8 Å². The molecule has 2 aromatic rings. The molecular formula is C22H25ClN2O4S. The molecule has 2 amide bonds. The standard InChI is InChI=1S/C22H25ClN2O4S/c1-3-10-24(22(27)15-28-2)13-21(26)25-11-8-20-18(9-12-30-20)19(25)14-29-17-6-4-16(23)5-7-17/h3-7,9,12,19H,1,8,10-11,13-15H2,2H3. The van der Waals surface area contributed by atoms with Crippen LogP contribution < -0.4 is 4.74 Å². The minimum absolute atomic E-state index is 0.0227. The fraction of sp³-hybridized carbons (Fsp3) is 0.364. The molecule has 30 heavy (non-hydrogen) atoms. The van der Waals surface area contributed by atoms with Gasteiger partial charge in [0, 0.05) is 30.1 Å². The maximum absolute atomic E-state index is 13.2. The lowest BCUT2D eigenvalue weighted by atomic mass is 10.0. The molecule has 0 aliphatic carbocycles. The summed E-state index contributed by atoms with van der Waals surface area (Å²) in [6.45, 7) is 4.79. The third-order valence-electron chi connectivity index (χ3n) is 4.93. The van der Waals surface area contributed by atoms with Crippen LogP contribution in [0.5, 0.6) is 5.75 Å². The Morgan fingerprint density at radius 3 is 2.80 bits per heavy atom. The van der Waals surface area contributed by atoms with E-state index in [9.17, 15) is 9.59 Å². The van der Waals surface area contributed by atoms with Crippen LogP contribution >= 0.6 is 22.9 Å². The highest BCUT2D eigenvalue weighted by atomic mass is 35.5. The average Bonchev–Trinajstić information content (AvgIpc) is 3.22. The van der Waals surface area contributed by atoms with Crippen LogP contribution in [0.4, 0.5) is 0 Å². The second-order valence-corrected chi connectivity index (χ2v) is 8.35. The molecule has 1 aliphatic rings. The highest BCUT2D eigenvalue weighted by molar-refractivity contribution is 7.10. The van der Waals surface area contributed by atoms with Crippen molar-refractivity contribution in [3.63, 3.8) is 0 Å². The molecule has 2 heterocycles. The molecule has 0 saturated carbocycles. The first-order valence-corrected chi connectivity index (χ1v) is 10.9. The maximum Gasteiger partial charge on any atom is 0.249 e. The molecule has 0 saturated heterocycles. The lowest BCUT2D eigenvalue weighted by Gasteiger charge is -2.37. The number of fused-ring (bicyclic) bond motifs is 1. The van der Waals surface area contributed by atoms with Gasteiger partial charge in [0.1, 0.15) is 25.5 Å². The van der Waals surface area contributed by atoms with Gasteiger partial charge >= 0.3 is 0 Å². The summed E-state index contributed by atoms with van der Waals surface area (Å²) in [5.41, 5.74) is 1.10. The summed E-state index contributed by atoms with van der Waals surface area (Å²) < 4.78 is 10.9. The number of methoxy groups -OCH3 is 1. The van der Waals surface area contributed by atoms with Crippen LogP contribution in [-0.4, -0.2) is 61.6 Å². The first-order chi connectivity index (χ1) is 14.5. The molecule has 0 bridgehead atoms. The van der Waals surface area contributed by atoms with Gasteiger partial charge in [0.2, 0.25) is 11.8 Å². The van der Waals surface area contributed by atoms with Crippen molar-refractivity contribution in [3.8, 4) is 5.75 Å². The summed E-state index contributed by atoms with van der Waals surface area (Å²) in [5, 5.41) is 2.68. The van der Waals surface area contributed by atoms with Gasteiger partial charge in [-0.25, -0.2) is 0 Å². The zero-order valence-electron chi connectivity index (χ0n) is 16.9. The Morgan fingerprint density at radius 2 is 2.10 bits per heavy atom. The lowest BCUT2D eigenvalue weighted by Crippen LogP contribution is -2.48. The SMILES string of the molecule is C=CCN(CC(=O)N1CCc2sccc2C1COc1ccc(Cl)cc1)C(=O)COC. The first kappa shape index (κ1) is 22.3. The molecule has 8 heteroatoms. The lowest BCUT2D eigenvalue weighted by molar-refractivity contribution is -0.144. The quantitative estimate of drug-likeness (QED) is 0.550. The average molecular weight is 449 g/mol. The van der Waals surface area contributed by atoms with Crippen LogP contribution in [0.25, 0.3) is 0 Å². The summed E-state index contributed by atoms with van der Waals surface area (Å²) in [6.07, 6.45) is 2.40. The van der Waals surface area contributed by atoms with Crippen LogP contribution in [0.1, 0.15) is 16.5 Å². The van der Waals surface area contributed by atoms with E-state index in [1.165, 1.54) is 16.9 Å². The third-order valence-corrected chi connectivity index (χ3v) is 6.18. The van der Waals surface area contributed by atoms with Gasteiger partial charge in [0.05, 0.1) is 6.04 Å². The zero-order valence-corrected chi connectivity index (χ0v) is 18.5. The van der Waals surface area contributed by atoms with Gasteiger partial charge in [0.15, 0.2) is 0 Å². The topological polar surface area (TPSA) is 59.1 Å². The molecular weight excluding hydrogens is 424 g/mol. The first-order valence-electron chi connectivity index (χ1n) is 9.65. The number of hydrogen-bond donors (Lipinski definition) is 0.